The largest absolute Gasteiger partial charge is 0.381 e. The Balaban J connectivity index is 1.44. The van der Waals surface area contributed by atoms with Crippen LogP contribution in [0.25, 0.3) is 0 Å². The second-order valence-electron chi connectivity index (χ2n) is 8.02. The number of ether oxygens (including phenoxy) is 2. The van der Waals surface area contributed by atoms with Crippen LogP contribution in [-0.2, 0) is 9.47 Å². The van der Waals surface area contributed by atoms with Crippen LogP contribution in [0.5, 0.6) is 0 Å². The summed E-state index contributed by atoms with van der Waals surface area (Å²) in [6.07, 6.45) is 9.89. The van der Waals surface area contributed by atoms with Gasteiger partial charge in [0.05, 0.1) is 13.2 Å². The molecular weight excluding hydrogens is 250 g/mol. The Hall–Kier alpha value is -0.120. The molecule has 2 bridgehead atoms. The number of rotatable bonds is 2. The zero-order valence-electron chi connectivity index (χ0n) is 12.7. The van der Waals surface area contributed by atoms with Crippen molar-refractivity contribution in [3.63, 3.8) is 0 Å². The maximum absolute atomic E-state index is 5.96. The highest BCUT2D eigenvalue weighted by Crippen LogP contribution is 2.54. The summed E-state index contributed by atoms with van der Waals surface area (Å²) in [5, 5.41) is 0. The van der Waals surface area contributed by atoms with Crippen molar-refractivity contribution in [2.24, 2.45) is 16.7 Å². The predicted octanol–water partition coefficient (Wildman–Crippen LogP) is 2.70. The monoisotopic (exact) mass is 279 g/mol. The van der Waals surface area contributed by atoms with Gasteiger partial charge in [-0.1, -0.05) is 0 Å². The van der Waals surface area contributed by atoms with Gasteiger partial charge < -0.3 is 9.47 Å². The second-order valence-corrected chi connectivity index (χ2v) is 8.02. The third kappa shape index (κ3) is 2.53. The molecular formula is C17H29NO2. The van der Waals surface area contributed by atoms with Crippen LogP contribution in [0, 0.1) is 16.7 Å². The van der Waals surface area contributed by atoms with Crippen molar-refractivity contribution in [1.29, 1.82) is 0 Å². The minimum absolute atomic E-state index is 0.391. The van der Waals surface area contributed by atoms with Gasteiger partial charge in [-0.2, -0.15) is 0 Å². The molecule has 0 atom stereocenters. The highest BCUT2D eigenvalue weighted by Gasteiger charge is 2.46. The van der Waals surface area contributed by atoms with Crippen LogP contribution in [-0.4, -0.2) is 51.0 Å². The minimum atomic E-state index is 0.391. The Morgan fingerprint density at radius 2 is 1.75 bits per heavy atom. The molecule has 0 aromatic carbocycles. The zero-order chi connectivity index (χ0) is 13.5. The lowest BCUT2D eigenvalue weighted by Crippen LogP contribution is -2.45. The molecule has 2 saturated heterocycles. The van der Waals surface area contributed by atoms with Crippen LogP contribution in [0.4, 0.5) is 0 Å². The first-order valence-corrected chi connectivity index (χ1v) is 8.66. The lowest BCUT2D eigenvalue weighted by Gasteiger charge is -2.41. The summed E-state index contributed by atoms with van der Waals surface area (Å²) < 4.78 is 11.5. The van der Waals surface area contributed by atoms with E-state index in [2.05, 4.69) is 4.90 Å². The minimum Gasteiger partial charge on any atom is -0.381 e. The smallest absolute Gasteiger partial charge is 0.0593 e. The summed E-state index contributed by atoms with van der Waals surface area (Å²) in [7, 11) is 0. The van der Waals surface area contributed by atoms with Gasteiger partial charge >= 0.3 is 0 Å². The standard InChI is InChI=1S/C17H29NO2/c1-3-16(4-2-15(1)11-16)12-18-7-10-20-14-17(13-18)5-8-19-9-6-17/h15H,1-14H2. The van der Waals surface area contributed by atoms with Crippen LogP contribution in [0.15, 0.2) is 0 Å². The highest BCUT2D eigenvalue weighted by atomic mass is 16.5. The lowest BCUT2D eigenvalue weighted by atomic mass is 9.79. The quantitative estimate of drug-likeness (QED) is 0.776. The van der Waals surface area contributed by atoms with Gasteiger partial charge in [-0.25, -0.2) is 0 Å². The van der Waals surface area contributed by atoms with E-state index in [9.17, 15) is 0 Å². The molecule has 3 heteroatoms. The summed E-state index contributed by atoms with van der Waals surface area (Å²) in [4.78, 5) is 2.76. The number of nitrogens with zero attached hydrogens (tertiary/aromatic N) is 1. The third-order valence-corrected chi connectivity index (χ3v) is 6.52. The fourth-order valence-corrected chi connectivity index (χ4v) is 5.33. The lowest BCUT2D eigenvalue weighted by molar-refractivity contribution is -0.0336. The molecule has 3 nitrogen and oxygen atoms in total. The van der Waals surface area contributed by atoms with E-state index in [0.717, 1.165) is 38.9 Å². The molecule has 114 valence electrons. The predicted molar refractivity (Wildman–Crippen MR) is 78.8 cm³/mol. The van der Waals surface area contributed by atoms with E-state index < -0.39 is 0 Å². The molecule has 1 spiro atoms. The summed E-state index contributed by atoms with van der Waals surface area (Å²) >= 11 is 0. The molecule has 2 aliphatic carbocycles. The Kier molecular flexibility index (Phi) is 3.56. The van der Waals surface area contributed by atoms with Crippen molar-refractivity contribution >= 4 is 0 Å². The SMILES string of the molecule is C1CC2(CCO1)COCCN(CC13CCC(CC1)C3)C2. The first-order chi connectivity index (χ1) is 9.78. The van der Waals surface area contributed by atoms with Gasteiger partial charge in [-0.3, -0.25) is 4.90 Å². The fourth-order valence-electron chi connectivity index (χ4n) is 5.33. The first kappa shape index (κ1) is 13.5. The molecule has 0 aromatic heterocycles. The summed E-state index contributed by atoms with van der Waals surface area (Å²) in [6, 6.07) is 0. The normalized spacial score (nSPS) is 41.1. The van der Waals surface area contributed by atoms with Gasteiger partial charge in [0.15, 0.2) is 0 Å². The maximum Gasteiger partial charge on any atom is 0.0593 e. The van der Waals surface area contributed by atoms with Crippen molar-refractivity contribution in [2.45, 2.75) is 44.9 Å². The Labute approximate surface area is 123 Å². The van der Waals surface area contributed by atoms with Crippen molar-refractivity contribution in [3.8, 4) is 0 Å². The van der Waals surface area contributed by atoms with E-state index in [0.29, 0.717) is 10.8 Å². The zero-order valence-corrected chi connectivity index (χ0v) is 12.7. The molecule has 4 aliphatic rings. The van der Waals surface area contributed by atoms with Gasteiger partial charge in [-0.05, 0) is 56.3 Å². The maximum atomic E-state index is 5.96. The van der Waals surface area contributed by atoms with E-state index in [4.69, 9.17) is 9.47 Å². The molecule has 0 aromatic rings. The molecule has 0 amide bonds. The van der Waals surface area contributed by atoms with E-state index >= 15 is 0 Å². The second kappa shape index (κ2) is 5.26. The topological polar surface area (TPSA) is 21.7 Å². The van der Waals surface area contributed by atoms with E-state index in [1.54, 1.807) is 0 Å². The van der Waals surface area contributed by atoms with Crippen LogP contribution in [0.3, 0.4) is 0 Å². The van der Waals surface area contributed by atoms with Crippen LogP contribution < -0.4 is 0 Å². The first-order valence-electron chi connectivity index (χ1n) is 8.66. The molecule has 2 saturated carbocycles. The average molecular weight is 279 g/mol. The van der Waals surface area contributed by atoms with Gasteiger partial charge in [0.2, 0.25) is 0 Å². The summed E-state index contributed by atoms with van der Waals surface area (Å²) in [6.45, 7) is 7.51. The molecule has 0 N–H and O–H groups in total. The third-order valence-electron chi connectivity index (χ3n) is 6.52. The molecule has 0 unspecified atom stereocenters. The molecule has 0 radical (unpaired) electrons. The summed E-state index contributed by atoms with van der Waals surface area (Å²) in [5.41, 5.74) is 1.07. The number of hydrogen-bond donors (Lipinski definition) is 0. The average Bonchev–Trinajstić information content (AvgIpc) is 2.99. The van der Waals surface area contributed by atoms with Crippen LogP contribution >= 0.6 is 0 Å². The van der Waals surface area contributed by atoms with Crippen molar-refractivity contribution in [3.05, 3.63) is 0 Å². The van der Waals surface area contributed by atoms with Gasteiger partial charge in [0, 0.05) is 38.3 Å². The van der Waals surface area contributed by atoms with E-state index in [-0.39, 0.29) is 0 Å². The molecule has 2 heterocycles. The van der Waals surface area contributed by atoms with Gasteiger partial charge in [0.25, 0.3) is 0 Å². The van der Waals surface area contributed by atoms with Gasteiger partial charge in [0.1, 0.15) is 0 Å². The fraction of sp³-hybridized carbons (Fsp3) is 1.00. The van der Waals surface area contributed by atoms with Gasteiger partial charge in [-0.15, -0.1) is 0 Å². The van der Waals surface area contributed by atoms with Crippen molar-refractivity contribution < 1.29 is 9.47 Å². The Morgan fingerprint density at radius 1 is 0.950 bits per heavy atom. The number of hydrogen-bond acceptors (Lipinski definition) is 3. The molecule has 4 fully saturated rings. The Morgan fingerprint density at radius 3 is 2.45 bits per heavy atom. The molecule has 2 aliphatic heterocycles. The highest BCUT2D eigenvalue weighted by molar-refractivity contribution is 4.98. The molecule has 20 heavy (non-hydrogen) atoms. The van der Waals surface area contributed by atoms with E-state index in [1.807, 2.05) is 0 Å². The van der Waals surface area contributed by atoms with Crippen LogP contribution in [0.2, 0.25) is 0 Å². The van der Waals surface area contributed by atoms with E-state index in [1.165, 1.54) is 58.0 Å². The number of fused-ring (bicyclic) bond motifs is 2. The van der Waals surface area contributed by atoms with Crippen molar-refractivity contribution in [1.82, 2.24) is 4.90 Å². The molecule has 4 rings (SSSR count). The van der Waals surface area contributed by atoms with Crippen LogP contribution in [0.1, 0.15) is 44.9 Å². The Bertz CT molecular complexity index is 343. The van der Waals surface area contributed by atoms with Crippen molar-refractivity contribution in [2.75, 3.05) is 46.1 Å². The summed E-state index contributed by atoms with van der Waals surface area (Å²) in [5.74, 6) is 1.07.